The van der Waals surface area contributed by atoms with Gasteiger partial charge in [0, 0.05) is 11.8 Å². The first-order chi connectivity index (χ1) is 11.0. The van der Waals surface area contributed by atoms with Gasteiger partial charge in [-0.2, -0.15) is 5.10 Å². The van der Waals surface area contributed by atoms with E-state index < -0.39 is 0 Å². The molecule has 1 N–H and O–H groups in total. The van der Waals surface area contributed by atoms with Gasteiger partial charge in [-0.25, -0.2) is 4.68 Å². The van der Waals surface area contributed by atoms with Gasteiger partial charge in [0.05, 0.1) is 5.69 Å². The van der Waals surface area contributed by atoms with Crippen LogP contribution in [0.1, 0.15) is 30.2 Å². The van der Waals surface area contributed by atoms with Crippen molar-refractivity contribution in [2.45, 2.75) is 39.7 Å². The van der Waals surface area contributed by atoms with Crippen LogP contribution in [0.15, 0.2) is 35.1 Å². The Morgan fingerprint density at radius 2 is 2.09 bits per heavy atom. The molecule has 0 radical (unpaired) electrons. The molecule has 3 rings (SSSR count). The molecule has 0 fully saturated rings. The zero-order valence-corrected chi connectivity index (χ0v) is 13.5. The summed E-state index contributed by atoms with van der Waals surface area (Å²) in [5, 5.41) is 7.18. The number of amides is 1. The minimum absolute atomic E-state index is 0.0600. The highest BCUT2D eigenvalue weighted by atomic mass is 16.2. The van der Waals surface area contributed by atoms with Gasteiger partial charge in [0.1, 0.15) is 6.54 Å². The summed E-state index contributed by atoms with van der Waals surface area (Å²) in [5.41, 5.74) is 3.62. The van der Waals surface area contributed by atoms with Crippen molar-refractivity contribution in [3.05, 3.63) is 57.5 Å². The minimum Gasteiger partial charge on any atom is -0.324 e. The van der Waals surface area contributed by atoms with Gasteiger partial charge >= 0.3 is 0 Å². The Hall–Kier alpha value is -2.43. The molecule has 1 aliphatic rings. The minimum atomic E-state index is -0.243. The molecule has 0 saturated heterocycles. The standard InChI is InChI=1S/C18H21N3O2/c1-12-3-6-15(7-4-12)19-17(22)11-21-18(23)10-14-9-13(2)5-8-16(14)20-21/h3-4,6-7,10,13H,5,8-9,11H2,1-2H3,(H,19,22)/t13-/m1/s1. The zero-order valence-electron chi connectivity index (χ0n) is 13.5. The van der Waals surface area contributed by atoms with Crippen LogP contribution in [-0.4, -0.2) is 15.7 Å². The Kier molecular flexibility index (Phi) is 4.28. The van der Waals surface area contributed by atoms with Crippen molar-refractivity contribution in [1.29, 1.82) is 0 Å². The zero-order chi connectivity index (χ0) is 16.4. The van der Waals surface area contributed by atoms with E-state index in [1.54, 1.807) is 6.07 Å². The number of carbonyl (C=O) groups excluding carboxylic acids is 1. The van der Waals surface area contributed by atoms with Crippen LogP contribution >= 0.6 is 0 Å². The number of anilines is 1. The second-order valence-electron chi connectivity index (χ2n) is 6.37. The van der Waals surface area contributed by atoms with Gasteiger partial charge in [0.2, 0.25) is 5.91 Å². The van der Waals surface area contributed by atoms with Crippen molar-refractivity contribution in [1.82, 2.24) is 9.78 Å². The number of fused-ring (bicyclic) bond motifs is 1. The third-order valence-corrected chi connectivity index (χ3v) is 4.24. The maximum Gasteiger partial charge on any atom is 0.267 e. The second kappa shape index (κ2) is 6.36. The van der Waals surface area contributed by atoms with Crippen LogP contribution in [-0.2, 0) is 24.2 Å². The number of rotatable bonds is 3. The molecule has 1 aromatic heterocycles. The fraction of sp³-hybridized carbons (Fsp3) is 0.389. The van der Waals surface area contributed by atoms with Crippen molar-refractivity contribution in [2.75, 3.05) is 5.32 Å². The topological polar surface area (TPSA) is 64.0 Å². The van der Waals surface area contributed by atoms with Crippen molar-refractivity contribution in [2.24, 2.45) is 5.92 Å². The molecule has 1 heterocycles. The average Bonchev–Trinajstić information content (AvgIpc) is 2.50. The average molecular weight is 311 g/mol. The molecule has 5 heteroatoms. The summed E-state index contributed by atoms with van der Waals surface area (Å²) >= 11 is 0. The van der Waals surface area contributed by atoms with Crippen LogP contribution in [0.2, 0.25) is 0 Å². The molecular weight excluding hydrogens is 290 g/mol. The van der Waals surface area contributed by atoms with Crippen molar-refractivity contribution >= 4 is 11.6 Å². The largest absolute Gasteiger partial charge is 0.324 e. The SMILES string of the molecule is Cc1ccc(NC(=O)Cn2nc3c(cc2=O)C[C@H](C)CC3)cc1. The van der Waals surface area contributed by atoms with E-state index in [4.69, 9.17) is 0 Å². The van der Waals surface area contributed by atoms with Gasteiger partial charge in [-0.3, -0.25) is 9.59 Å². The molecule has 5 nitrogen and oxygen atoms in total. The first kappa shape index (κ1) is 15.5. The lowest BCUT2D eigenvalue weighted by Crippen LogP contribution is -2.32. The van der Waals surface area contributed by atoms with Crippen LogP contribution in [0, 0.1) is 12.8 Å². The molecular formula is C18H21N3O2. The van der Waals surface area contributed by atoms with E-state index in [1.807, 2.05) is 31.2 Å². The third kappa shape index (κ3) is 3.67. The monoisotopic (exact) mass is 311 g/mol. The summed E-state index contributed by atoms with van der Waals surface area (Å²) < 4.78 is 1.26. The first-order valence-corrected chi connectivity index (χ1v) is 7.97. The number of nitrogens with zero attached hydrogens (tertiary/aromatic N) is 2. The second-order valence-corrected chi connectivity index (χ2v) is 6.37. The molecule has 2 aromatic rings. The van der Waals surface area contributed by atoms with Crippen LogP contribution < -0.4 is 10.9 Å². The Morgan fingerprint density at radius 1 is 1.35 bits per heavy atom. The fourth-order valence-corrected chi connectivity index (χ4v) is 2.90. The summed E-state index contributed by atoms with van der Waals surface area (Å²) in [7, 11) is 0. The van der Waals surface area contributed by atoms with Crippen LogP contribution in [0.5, 0.6) is 0 Å². The number of carbonyl (C=O) groups is 1. The van der Waals surface area contributed by atoms with E-state index >= 15 is 0 Å². The lowest BCUT2D eigenvalue weighted by atomic mass is 9.88. The van der Waals surface area contributed by atoms with Crippen LogP contribution in [0.25, 0.3) is 0 Å². The number of benzene rings is 1. The van der Waals surface area contributed by atoms with Crippen molar-refractivity contribution < 1.29 is 4.79 Å². The van der Waals surface area contributed by atoms with Crippen molar-refractivity contribution in [3.63, 3.8) is 0 Å². The lowest BCUT2D eigenvalue weighted by molar-refractivity contribution is -0.117. The smallest absolute Gasteiger partial charge is 0.267 e. The van der Waals surface area contributed by atoms with Gasteiger partial charge in [0.25, 0.3) is 5.56 Å². The van der Waals surface area contributed by atoms with Gasteiger partial charge in [-0.1, -0.05) is 24.6 Å². The molecule has 120 valence electrons. The summed E-state index contributed by atoms with van der Waals surface area (Å²) in [6.45, 7) is 4.11. The predicted octanol–water partition coefficient (Wildman–Crippen LogP) is 2.32. The molecule has 23 heavy (non-hydrogen) atoms. The van der Waals surface area contributed by atoms with Gasteiger partial charge in [-0.05, 0) is 49.8 Å². The Balaban J connectivity index is 1.73. The van der Waals surface area contributed by atoms with Crippen LogP contribution in [0.4, 0.5) is 5.69 Å². The highest BCUT2D eigenvalue weighted by molar-refractivity contribution is 5.90. The van der Waals surface area contributed by atoms with E-state index in [0.29, 0.717) is 5.92 Å². The summed E-state index contributed by atoms with van der Waals surface area (Å²) in [6, 6.07) is 9.19. The highest BCUT2D eigenvalue weighted by Gasteiger charge is 2.18. The Morgan fingerprint density at radius 3 is 2.83 bits per heavy atom. The molecule has 1 amide bonds. The molecule has 0 saturated carbocycles. The van der Waals surface area contributed by atoms with Gasteiger partial charge in [0.15, 0.2) is 0 Å². The molecule has 0 unspecified atom stereocenters. The van der Waals surface area contributed by atoms with Gasteiger partial charge in [-0.15, -0.1) is 0 Å². The predicted molar refractivity (Wildman–Crippen MR) is 89.5 cm³/mol. The third-order valence-electron chi connectivity index (χ3n) is 4.24. The number of hydrogen-bond acceptors (Lipinski definition) is 3. The Labute approximate surface area is 135 Å². The number of aromatic nitrogens is 2. The van der Waals surface area contributed by atoms with E-state index in [2.05, 4.69) is 17.3 Å². The van der Waals surface area contributed by atoms with E-state index in [9.17, 15) is 9.59 Å². The summed E-state index contributed by atoms with van der Waals surface area (Å²) in [6.07, 6.45) is 2.85. The molecule has 1 aromatic carbocycles. The molecule has 1 aliphatic carbocycles. The Bertz CT molecular complexity index is 778. The molecule has 0 aliphatic heterocycles. The number of aryl methyl sites for hydroxylation is 2. The maximum absolute atomic E-state index is 12.2. The van der Waals surface area contributed by atoms with E-state index in [0.717, 1.165) is 41.8 Å². The molecule has 1 atom stereocenters. The lowest BCUT2D eigenvalue weighted by Gasteiger charge is -2.20. The molecule has 0 spiro atoms. The van der Waals surface area contributed by atoms with Gasteiger partial charge < -0.3 is 5.32 Å². The quantitative estimate of drug-likeness (QED) is 0.946. The van der Waals surface area contributed by atoms with Crippen molar-refractivity contribution in [3.8, 4) is 0 Å². The van der Waals surface area contributed by atoms with E-state index in [-0.39, 0.29) is 18.0 Å². The normalized spacial score (nSPS) is 16.7. The summed E-state index contributed by atoms with van der Waals surface area (Å²) in [4.78, 5) is 24.3. The maximum atomic E-state index is 12.2. The first-order valence-electron chi connectivity index (χ1n) is 7.97. The summed E-state index contributed by atoms with van der Waals surface area (Å²) in [5.74, 6) is 0.344. The van der Waals surface area contributed by atoms with E-state index in [1.165, 1.54) is 4.68 Å². The number of hydrogen-bond donors (Lipinski definition) is 1. The number of nitrogens with one attached hydrogen (secondary N) is 1. The molecule has 0 bridgehead atoms. The highest BCUT2D eigenvalue weighted by Crippen LogP contribution is 2.22. The van der Waals surface area contributed by atoms with Crippen LogP contribution in [0.3, 0.4) is 0 Å². The fourth-order valence-electron chi connectivity index (χ4n) is 2.90.